The minimum absolute atomic E-state index is 0.220. The topological polar surface area (TPSA) is 81.2 Å². The summed E-state index contributed by atoms with van der Waals surface area (Å²) in [5.74, 6) is -0.747. The minimum atomic E-state index is -0.409. The molecule has 25 heavy (non-hydrogen) atoms. The quantitative estimate of drug-likeness (QED) is 0.577. The molecule has 0 aliphatic carbocycles. The lowest BCUT2D eigenvalue weighted by Gasteiger charge is -2.11. The molecule has 4 rings (SSSR count). The first-order chi connectivity index (χ1) is 12.0. The van der Waals surface area contributed by atoms with Gasteiger partial charge in [-0.15, -0.1) is 0 Å². The Morgan fingerprint density at radius 3 is 2.80 bits per heavy atom. The number of fused-ring (bicyclic) bond motifs is 2. The van der Waals surface area contributed by atoms with Crippen LogP contribution in [0.5, 0.6) is 0 Å². The molecule has 0 spiro atoms. The molecule has 1 aliphatic heterocycles. The molecule has 0 saturated heterocycles. The fraction of sp³-hybridized carbons (Fsp3) is 0.105. The Balaban J connectivity index is 1.91. The smallest absolute Gasteiger partial charge is 0.261 e. The van der Waals surface area contributed by atoms with Crippen molar-refractivity contribution in [2.24, 2.45) is 7.05 Å². The summed E-state index contributed by atoms with van der Waals surface area (Å²) in [6, 6.07) is 9.43. The molecule has 0 bridgehead atoms. The number of carbonyl (C=O) groups excluding carboxylic acids is 2. The van der Waals surface area contributed by atoms with Crippen LogP contribution in [0.15, 0.2) is 49.2 Å². The lowest BCUT2D eigenvalue weighted by molar-refractivity contribution is -0.123. The van der Waals surface area contributed by atoms with Crippen LogP contribution in [0.25, 0.3) is 22.0 Å². The number of hydrogen-bond donors (Lipinski definition) is 1. The van der Waals surface area contributed by atoms with E-state index in [0.717, 1.165) is 33.7 Å². The molecule has 6 heteroatoms. The van der Waals surface area contributed by atoms with Gasteiger partial charge in [0.15, 0.2) is 0 Å². The lowest BCUT2D eigenvalue weighted by atomic mass is 9.95. The normalized spacial score (nSPS) is 13.3. The maximum atomic E-state index is 12.5. The SMILES string of the molecule is C=CC(=O)N1Cc2c(cc(N)cc2-c2ccc3cnn(C)c3c2)C1=O. The van der Waals surface area contributed by atoms with Gasteiger partial charge in [0.25, 0.3) is 11.8 Å². The zero-order valence-electron chi connectivity index (χ0n) is 13.7. The Morgan fingerprint density at radius 2 is 2.04 bits per heavy atom. The number of nitrogens with two attached hydrogens (primary N) is 1. The molecule has 1 aliphatic rings. The first-order valence-corrected chi connectivity index (χ1v) is 7.82. The van der Waals surface area contributed by atoms with Gasteiger partial charge in [0, 0.05) is 23.7 Å². The summed E-state index contributed by atoms with van der Waals surface area (Å²) in [7, 11) is 1.88. The van der Waals surface area contributed by atoms with Crippen LogP contribution in [0.1, 0.15) is 15.9 Å². The third-order valence-corrected chi connectivity index (χ3v) is 4.56. The number of hydrogen-bond acceptors (Lipinski definition) is 4. The zero-order valence-corrected chi connectivity index (χ0v) is 13.7. The van der Waals surface area contributed by atoms with E-state index >= 15 is 0 Å². The highest BCUT2D eigenvalue weighted by Gasteiger charge is 2.33. The maximum Gasteiger partial charge on any atom is 0.261 e. The van der Waals surface area contributed by atoms with Crippen molar-refractivity contribution in [1.29, 1.82) is 0 Å². The molecule has 0 atom stereocenters. The molecule has 6 nitrogen and oxygen atoms in total. The number of aromatic nitrogens is 2. The van der Waals surface area contributed by atoms with Crippen molar-refractivity contribution in [2.45, 2.75) is 6.54 Å². The fourth-order valence-corrected chi connectivity index (χ4v) is 3.29. The van der Waals surface area contributed by atoms with E-state index in [1.807, 2.05) is 31.3 Å². The van der Waals surface area contributed by atoms with Crippen molar-refractivity contribution in [2.75, 3.05) is 5.73 Å². The van der Waals surface area contributed by atoms with Gasteiger partial charge in [0.05, 0.1) is 18.3 Å². The largest absolute Gasteiger partial charge is 0.399 e. The van der Waals surface area contributed by atoms with E-state index < -0.39 is 5.91 Å². The lowest BCUT2D eigenvalue weighted by Crippen LogP contribution is -2.29. The van der Waals surface area contributed by atoms with Crippen LogP contribution >= 0.6 is 0 Å². The van der Waals surface area contributed by atoms with E-state index in [9.17, 15) is 9.59 Å². The Morgan fingerprint density at radius 1 is 1.28 bits per heavy atom. The Labute approximate surface area is 144 Å². The summed E-state index contributed by atoms with van der Waals surface area (Å²) >= 11 is 0. The highest BCUT2D eigenvalue weighted by Crippen LogP contribution is 2.36. The molecule has 3 aromatic rings. The van der Waals surface area contributed by atoms with E-state index in [-0.39, 0.29) is 12.5 Å². The predicted molar refractivity (Wildman–Crippen MR) is 95.6 cm³/mol. The first kappa shape index (κ1) is 15.1. The number of imide groups is 1. The van der Waals surface area contributed by atoms with Crippen molar-refractivity contribution in [3.05, 3.63) is 60.3 Å². The first-order valence-electron chi connectivity index (χ1n) is 7.82. The minimum Gasteiger partial charge on any atom is -0.399 e. The highest BCUT2D eigenvalue weighted by molar-refractivity contribution is 6.12. The third kappa shape index (κ3) is 2.22. The van der Waals surface area contributed by atoms with Crippen molar-refractivity contribution in [3.8, 4) is 11.1 Å². The highest BCUT2D eigenvalue weighted by atomic mass is 16.2. The van der Waals surface area contributed by atoms with Gasteiger partial charge in [-0.1, -0.05) is 18.7 Å². The van der Waals surface area contributed by atoms with Crippen molar-refractivity contribution in [1.82, 2.24) is 14.7 Å². The van der Waals surface area contributed by atoms with Crippen LogP contribution in [0, 0.1) is 0 Å². The van der Waals surface area contributed by atoms with Gasteiger partial charge in [-0.3, -0.25) is 19.2 Å². The number of benzene rings is 2. The molecule has 124 valence electrons. The van der Waals surface area contributed by atoms with E-state index in [0.29, 0.717) is 11.3 Å². The molecule has 2 N–H and O–H groups in total. The Hall–Kier alpha value is -3.41. The van der Waals surface area contributed by atoms with Crippen molar-refractivity contribution in [3.63, 3.8) is 0 Å². The molecule has 0 unspecified atom stereocenters. The average Bonchev–Trinajstić information content (AvgIpc) is 3.14. The average molecular weight is 332 g/mol. The molecular formula is C19H16N4O2. The molecule has 2 heterocycles. The number of rotatable bonds is 2. The molecule has 2 aromatic carbocycles. The second kappa shape index (κ2) is 5.31. The van der Waals surface area contributed by atoms with Crippen LogP contribution in [0.4, 0.5) is 5.69 Å². The monoisotopic (exact) mass is 332 g/mol. The van der Waals surface area contributed by atoms with E-state index in [4.69, 9.17) is 5.73 Å². The molecule has 1 aromatic heterocycles. The van der Waals surface area contributed by atoms with Gasteiger partial charge < -0.3 is 5.73 Å². The van der Waals surface area contributed by atoms with Crippen LogP contribution in [0.2, 0.25) is 0 Å². The van der Waals surface area contributed by atoms with Gasteiger partial charge >= 0.3 is 0 Å². The summed E-state index contributed by atoms with van der Waals surface area (Å²) in [5, 5.41) is 5.29. The zero-order chi connectivity index (χ0) is 17.7. The third-order valence-electron chi connectivity index (χ3n) is 4.56. The number of anilines is 1. The Bertz CT molecular complexity index is 1060. The van der Waals surface area contributed by atoms with E-state index in [1.165, 1.54) is 4.90 Å². The maximum absolute atomic E-state index is 12.5. The van der Waals surface area contributed by atoms with Crippen LogP contribution in [-0.2, 0) is 18.4 Å². The Kier molecular flexibility index (Phi) is 3.21. The summed E-state index contributed by atoms with van der Waals surface area (Å²) in [5.41, 5.74) is 10.5. The van der Waals surface area contributed by atoms with Gasteiger partial charge in [0.2, 0.25) is 0 Å². The summed E-state index contributed by atoms with van der Waals surface area (Å²) in [4.78, 5) is 25.7. The number of nitrogens with zero attached hydrogens (tertiary/aromatic N) is 3. The molecule has 0 radical (unpaired) electrons. The van der Waals surface area contributed by atoms with Crippen LogP contribution in [0.3, 0.4) is 0 Å². The predicted octanol–water partition coefficient (Wildman–Crippen LogP) is 2.49. The van der Waals surface area contributed by atoms with E-state index in [1.54, 1.807) is 16.9 Å². The second-order valence-electron chi connectivity index (χ2n) is 6.07. The summed E-state index contributed by atoms with van der Waals surface area (Å²) < 4.78 is 1.80. The van der Waals surface area contributed by atoms with Gasteiger partial charge in [-0.05, 0) is 41.0 Å². The van der Waals surface area contributed by atoms with Crippen LogP contribution < -0.4 is 5.73 Å². The van der Waals surface area contributed by atoms with Crippen molar-refractivity contribution < 1.29 is 9.59 Å². The van der Waals surface area contributed by atoms with Crippen LogP contribution in [-0.4, -0.2) is 26.5 Å². The van der Waals surface area contributed by atoms with Gasteiger partial charge in [-0.2, -0.15) is 5.10 Å². The molecule has 0 fully saturated rings. The van der Waals surface area contributed by atoms with E-state index in [2.05, 4.69) is 11.7 Å². The number of amides is 2. The van der Waals surface area contributed by atoms with Gasteiger partial charge in [-0.25, -0.2) is 0 Å². The number of nitrogen functional groups attached to an aromatic ring is 1. The standard InChI is InChI=1S/C19H16N4O2/c1-3-18(24)23-10-16-14(7-13(20)8-15(16)19(23)25)11-4-5-12-9-21-22(2)17(12)6-11/h3-9H,1,10,20H2,2H3. The van der Waals surface area contributed by atoms with Crippen molar-refractivity contribution >= 4 is 28.4 Å². The number of aryl methyl sites for hydroxylation is 1. The molecular weight excluding hydrogens is 316 g/mol. The summed E-state index contributed by atoms with van der Waals surface area (Å²) in [6.45, 7) is 3.68. The summed E-state index contributed by atoms with van der Waals surface area (Å²) in [6.07, 6.45) is 2.95. The fourth-order valence-electron chi connectivity index (χ4n) is 3.29. The molecule has 2 amide bonds. The number of carbonyl (C=O) groups is 2. The molecule has 0 saturated carbocycles. The second-order valence-corrected chi connectivity index (χ2v) is 6.07. The van der Waals surface area contributed by atoms with Gasteiger partial charge in [0.1, 0.15) is 0 Å².